The van der Waals surface area contributed by atoms with Crippen molar-refractivity contribution in [3.63, 3.8) is 0 Å². The number of piperazine rings is 1. The van der Waals surface area contributed by atoms with E-state index in [2.05, 4.69) is 46.7 Å². The molecule has 0 unspecified atom stereocenters. The third kappa shape index (κ3) is 6.87. The molecule has 0 radical (unpaired) electrons. The van der Waals surface area contributed by atoms with E-state index in [-0.39, 0.29) is 17.7 Å². The van der Waals surface area contributed by atoms with Crippen LogP contribution in [0.1, 0.15) is 88.3 Å². The molecule has 3 fully saturated rings. The molecule has 0 bridgehead atoms. The Morgan fingerprint density at radius 2 is 1.55 bits per heavy atom. The third-order valence-electron chi connectivity index (χ3n) is 9.46. The minimum Gasteiger partial charge on any atom is -0.390 e. The maximum atomic E-state index is 13.7. The van der Waals surface area contributed by atoms with Crippen molar-refractivity contribution in [1.29, 1.82) is 0 Å². The first-order valence-corrected chi connectivity index (χ1v) is 15.7. The maximum Gasteiger partial charge on any atom is 0.246 e. The summed E-state index contributed by atoms with van der Waals surface area (Å²) in [6.45, 7) is 6.52. The van der Waals surface area contributed by atoms with Gasteiger partial charge in [-0.15, -0.1) is 0 Å². The Morgan fingerprint density at radius 3 is 2.14 bits per heavy atom. The van der Waals surface area contributed by atoms with E-state index >= 15 is 0 Å². The summed E-state index contributed by atoms with van der Waals surface area (Å²) in [7, 11) is 0. The molecule has 3 aliphatic rings. The summed E-state index contributed by atoms with van der Waals surface area (Å²) in [5, 5.41) is 16.8. The predicted molar refractivity (Wildman–Crippen MR) is 164 cm³/mol. The van der Waals surface area contributed by atoms with Gasteiger partial charge < -0.3 is 20.6 Å². The molecule has 2 aromatic rings. The number of likely N-dealkylation sites (tertiary alicyclic amines) is 1. The summed E-state index contributed by atoms with van der Waals surface area (Å²) in [5.74, 6) is -0.133. The minimum atomic E-state index is -0.841. The van der Waals surface area contributed by atoms with Crippen molar-refractivity contribution in [3.8, 4) is 0 Å². The molecule has 8 heteroatoms. The monoisotopic (exact) mass is 574 g/mol. The van der Waals surface area contributed by atoms with E-state index in [1.807, 2.05) is 29.2 Å². The molecule has 2 saturated heterocycles. The van der Waals surface area contributed by atoms with Gasteiger partial charge in [0.15, 0.2) is 0 Å². The molecule has 2 aromatic carbocycles. The topological polar surface area (TPSA) is 102 Å². The maximum absolute atomic E-state index is 13.7. The van der Waals surface area contributed by atoms with Gasteiger partial charge in [0.25, 0.3) is 0 Å². The van der Waals surface area contributed by atoms with Crippen molar-refractivity contribution < 1.29 is 19.5 Å². The number of rotatable bonds is 10. The first-order chi connectivity index (χ1) is 20.2. The van der Waals surface area contributed by atoms with Crippen molar-refractivity contribution in [2.75, 3.05) is 25.0 Å². The van der Waals surface area contributed by atoms with E-state index < -0.39 is 17.2 Å². The van der Waals surface area contributed by atoms with Gasteiger partial charge in [-0.3, -0.25) is 19.3 Å². The first kappa shape index (κ1) is 30.2. The predicted octanol–water partition coefficient (Wildman–Crippen LogP) is 4.39. The van der Waals surface area contributed by atoms with Crippen LogP contribution in [0.5, 0.6) is 0 Å². The fourth-order valence-corrected chi connectivity index (χ4v) is 7.02. The van der Waals surface area contributed by atoms with Crippen molar-refractivity contribution >= 4 is 23.4 Å². The average molecular weight is 575 g/mol. The van der Waals surface area contributed by atoms with Gasteiger partial charge in [0, 0.05) is 45.2 Å². The molecule has 2 aliphatic heterocycles. The second kappa shape index (κ2) is 13.0. The van der Waals surface area contributed by atoms with Crippen molar-refractivity contribution in [3.05, 3.63) is 65.2 Å². The van der Waals surface area contributed by atoms with Gasteiger partial charge in [-0.05, 0) is 67.3 Å². The van der Waals surface area contributed by atoms with Crippen LogP contribution in [0.25, 0.3) is 0 Å². The van der Waals surface area contributed by atoms with E-state index in [1.165, 1.54) is 23.6 Å². The molecule has 42 heavy (non-hydrogen) atoms. The number of hydrogen-bond donors (Lipinski definition) is 3. The van der Waals surface area contributed by atoms with Gasteiger partial charge in [-0.2, -0.15) is 0 Å². The highest BCUT2D eigenvalue weighted by Crippen LogP contribution is 2.38. The number of benzene rings is 2. The molecular formula is C34H46N4O4. The van der Waals surface area contributed by atoms with Crippen LogP contribution in [0.2, 0.25) is 0 Å². The fourth-order valence-electron chi connectivity index (χ4n) is 7.02. The summed E-state index contributed by atoms with van der Waals surface area (Å²) in [6.07, 6.45) is 7.57. The molecule has 3 N–H and O–H groups in total. The van der Waals surface area contributed by atoms with Gasteiger partial charge in [0.05, 0.1) is 5.60 Å². The van der Waals surface area contributed by atoms with Gasteiger partial charge in [0.2, 0.25) is 17.7 Å². The van der Waals surface area contributed by atoms with Crippen LogP contribution in [-0.4, -0.2) is 69.4 Å². The van der Waals surface area contributed by atoms with Crippen LogP contribution in [0.15, 0.2) is 48.5 Å². The number of piperidine rings is 1. The summed E-state index contributed by atoms with van der Waals surface area (Å²) >= 11 is 0. The molecule has 2 heterocycles. The molecule has 1 spiro atoms. The van der Waals surface area contributed by atoms with E-state index in [9.17, 15) is 19.5 Å². The highest BCUT2D eigenvalue weighted by Gasteiger charge is 2.54. The highest BCUT2D eigenvalue weighted by molar-refractivity contribution is 6.00. The largest absolute Gasteiger partial charge is 0.390 e. The Balaban J connectivity index is 1.18. The van der Waals surface area contributed by atoms with Crippen molar-refractivity contribution in [1.82, 2.24) is 15.1 Å². The molecule has 8 nitrogen and oxygen atoms in total. The molecule has 1 saturated carbocycles. The Kier molecular flexibility index (Phi) is 9.33. The number of anilines is 1. The Labute approximate surface area is 249 Å². The smallest absolute Gasteiger partial charge is 0.246 e. The van der Waals surface area contributed by atoms with Crippen molar-refractivity contribution in [2.45, 2.75) is 102 Å². The van der Waals surface area contributed by atoms with Gasteiger partial charge >= 0.3 is 0 Å². The molecule has 1 aliphatic carbocycles. The second-order valence-electron chi connectivity index (χ2n) is 12.7. The van der Waals surface area contributed by atoms with Crippen LogP contribution in [0, 0.1) is 0 Å². The van der Waals surface area contributed by atoms with Crippen LogP contribution < -0.4 is 10.6 Å². The Hall–Kier alpha value is -3.23. The first-order valence-electron chi connectivity index (χ1n) is 15.7. The van der Waals surface area contributed by atoms with Crippen LogP contribution in [-0.2, 0) is 27.3 Å². The lowest BCUT2D eigenvalue weighted by atomic mass is 9.80. The molecule has 3 amide bonds. The standard InChI is InChI=1S/C34H46N4O4/c1-3-4-19-38-31(40)30(23-33(42)15-5-6-16-33)36-32(41)34(38)17-20-37(21-18-34)24-28-9-7-26(8-10-28)22-27-11-13-29(14-12-27)35-25(2)39/h7-14,30,42H,3-6,15-24H2,1-2H3,(H,35,39)(H,36,41)/t30-/m1/s1. The lowest BCUT2D eigenvalue weighted by molar-refractivity contribution is -0.163. The number of nitrogens with one attached hydrogen (secondary N) is 2. The van der Waals surface area contributed by atoms with E-state index in [4.69, 9.17) is 0 Å². The van der Waals surface area contributed by atoms with Crippen LogP contribution in [0.3, 0.4) is 0 Å². The SMILES string of the molecule is CCCCN1C(=O)[C@@H](CC2(O)CCCC2)NC(=O)C12CCN(Cc1ccc(Cc3ccc(NC(C)=O)cc3)cc1)CC2. The zero-order valence-electron chi connectivity index (χ0n) is 25.2. The fraction of sp³-hybridized carbons (Fsp3) is 0.559. The normalized spacial score (nSPS) is 21.9. The molecular weight excluding hydrogens is 528 g/mol. The molecule has 1 atom stereocenters. The second-order valence-corrected chi connectivity index (χ2v) is 12.7. The van der Waals surface area contributed by atoms with Gasteiger partial charge in [0.1, 0.15) is 11.6 Å². The van der Waals surface area contributed by atoms with E-state index in [0.717, 1.165) is 57.4 Å². The van der Waals surface area contributed by atoms with E-state index in [1.54, 1.807) is 0 Å². The zero-order chi connectivity index (χ0) is 29.7. The zero-order valence-corrected chi connectivity index (χ0v) is 25.2. The summed E-state index contributed by atoms with van der Waals surface area (Å²) in [5.41, 5.74) is 2.81. The summed E-state index contributed by atoms with van der Waals surface area (Å²) in [4.78, 5) is 42.9. The third-order valence-corrected chi connectivity index (χ3v) is 9.46. The highest BCUT2D eigenvalue weighted by atomic mass is 16.3. The number of nitrogens with zero attached hydrogens (tertiary/aromatic N) is 2. The number of carbonyl (C=O) groups is 3. The minimum absolute atomic E-state index is 0.0165. The van der Waals surface area contributed by atoms with Crippen LogP contribution >= 0.6 is 0 Å². The lowest BCUT2D eigenvalue weighted by Crippen LogP contribution is -2.73. The number of hydrogen-bond acceptors (Lipinski definition) is 5. The summed E-state index contributed by atoms with van der Waals surface area (Å²) < 4.78 is 0. The Bertz CT molecular complexity index is 1250. The number of amides is 3. The quantitative estimate of drug-likeness (QED) is 0.391. The molecule has 5 rings (SSSR count). The number of aliphatic hydroxyl groups is 1. The average Bonchev–Trinajstić information content (AvgIpc) is 3.40. The molecule has 226 valence electrons. The summed E-state index contributed by atoms with van der Waals surface area (Å²) in [6, 6.07) is 16.0. The van der Waals surface area contributed by atoms with Crippen LogP contribution in [0.4, 0.5) is 5.69 Å². The number of carbonyl (C=O) groups excluding carboxylic acids is 3. The number of unbranched alkanes of at least 4 members (excludes halogenated alkanes) is 1. The van der Waals surface area contributed by atoms with Gasteiger partial charge in [-0.1, -0.05) is 62.6 Å². The van der Waals surface area contributed by atoms with Gasteiger partial charge in [-0.25, -0.2) is 0 Å². The lowest BCUT2D eigenvalue weighted by Gasteiger charge is -2.52. The van der Waals surface area contributed by atoms with Crippen molar-refractivity contribution in [2.24, 2.45) is 0 Å². The molecule has 0 aromatic heterocycles. The Morgan fingerprint density at radius 1 is 0.952 bits per heavy atom. The van der Waals surface area contributed by atoms with E-state index in [0.29, 0.717) is 38.6 Å².